The van der Waals surface area contributed by atoms with Gasteiger partial charge in [-0.25, -0.2) is 0 Å². The number of fused-ring (bicyclic) bond motifs is 2. The molecule has 17 heavy (non-hydrogen) atoms. The lowest BCUT2D eigenvalue weighted by Gasteiger charge is -2.38. The standard InChI is InChI=1S/C14H25NO2/c1-9(2)12(16)17-15-11-8-10-6-7-14(11,5)13(10,3)4/h9-11,15H,6-8H2,1-5H3. The first kappa shape index (κ1) is 12.9. The summed E-state index contributed by atoms with van der Waals surface area (Å²) in [7, 11) is 0. The van der Waals surface area contributed by atoms with Crippen molar-refractivity contribution in [3.8, 4) is 0 Å². The molecule has 0 radical (unpaired) electrons. The first-order valence-corrected chi connectivity index (χ1v) is 6.75. The molecular formula is C14H25NO2. The maximum Gasteiger partial charge on any atom is 0.327 e. The highest BCUT2D eigenvalue weighted by Gasteiger charge is 2.61. The molecule has 2 fully saturated rings. The smallest absolute Gasteiger partial charge is 0.327 e. The Hall–Kier alpha value is -0.570. The van der Waals surface area contributed by atoms with E-state index in [1.807, 2.05) is 13.8 Å². The van der Waals surface area contributed by atoms with Gasteiger partial charge in [0, 0.05) is 6.04 Å². The van der Waals surface area contributed by atoms with Gasteiger partial charge in [-0.05, 0) is 36.0 Å². The van der Waals surface area contributed by atoms with E-state index >= 15 is 0 Å². The van der Waals surface area contributed by atoms with E-state index in [0.717, 1.165) is 12.3 Å². The molecule has 0 amide bonds. The van der Waals surface area contributed by atoms with Gasteiger partial charge in [0.25, 0.3) is 0 Å². The molecule has 2 aliphatic rings. The maximum absolute atomic E-state index is 11.5. The number of hydroxylamine groups is 1. The summed E-state index contributed by atoms with van der Waals surface area (Å²) in [5.41, 5.74) is 3.66. The molecule has 0 aromatic rings. The molecule has 0 spiro atoms. The largest absolute Gasteiger partial charge is 0.370 e. The molecule has 2 aliphatic carbocycles. The van der Waals surface area contributed by atoms with E-state index in [9.17, 15) is 4.79 Å². The van der Waals surface area contributed by atoms with Gasteiger partial charge in [-0.15, -0.1) is 5.48 Å². The van der Waals surface area contributed by atoms with Crippen molar-refractivity contribution >= 4 is 5.97 Å². The molecule has 2 saturated carbocycles. The molecule has 0 saturated heterocycles. The first-order valence-electron chi connectivity index (χ1n) is 6.75. The van der Waals surface area contributed by atoms with Crippen LogP contribution in [0.25, 0.3) is 0 Å². The van der Waals surface area contributed by atoms with Crippen molar-refractivity contribution < 1.29 is 9.63 Å². The molecule has 3 nitrogen and oxygen atoms in total. The predicted octanol–water partition coefficient (Wildman–Crippen LogP) is 2.91. The third-order valence-corrected chi connectivity index (χ3v) is 5.57. The Bertz CT molecular complexity index is 324. The van der Waals surface area contributed by atoms with Crippen molar-refractivity contribution in [2.24, 2.45) is 22.7 Å². The van der Waals surface area contributed by atoms with Crippen molar-refractivity contribution in [2.45, 2.75) is 59.9 Å². The molecule has 2 bridgehead atoms. The minimum Gasteiger partial charge on any atom is -0.370 e. The van der Waals surface area contributed by atoms with Crippen LogP contribution in [0, 0.1) is 22.7 Å². The summed E-state index contributed by atoms with van der Waals surface area (Å²) in [5.74, 6) is 0.541. The van der Waals surface area contributed by atoms with Crippen LogP contribution in [-0.4, -0.2) is 12.0 Å². The lowest BCUT2D eigenvalue weighted by atomic mass is 9.69. The van der Waals surface area contributed by atoms with Gasteiger partial charge in [0.1, 0.15) is 0 Å². The van der Waals surface area contributed by atoms with Crippen LogP contribution in [0.2, 0.25) is 0 Å². The van der Waals surface area contributed by atoms with E-state index in [-0.39, 0.29) is 17.3 Å². The normalized spacial score (nSPS) is 38.7. The van der Waals surface area contributed by atoms with Gasteiger partial charge in [0.05, 0.1) is 5.92 Å². The third kappa shape index (κ3) is 1.79. The number of hydrogen-bond acceptors (Lipinski definition) is 3. The van der Waals surface area contributed by atoms with E-state index in [0.29, 0.717) is 11.5 Å². The lowest BCUT2D eigenvalue weighted by molar-refractivity contribution is -0.159. The highest BCUT2D eigenvalue weighted by Crippen LogP contribution is 2.65. The van der Waals surface area contributed by atoms with E-state index < -0.39 is 0 Å². The summed E-state index contributed by atoms with van der Waals surface area (Å²) < 4.78 is 0. The molecule has 0 aliphatic heterocycles. The minimum absolute atomic E-state index is 0.0677. The number of rotatable bonds is 3. The van der Waals surface area contributed by atoms with Crippen LogP contribution in [0.4, 0.5) is 0 Å². The second-order valence-electron chi connectivity index (χ2n) is 6.86. The number of nitrogens with one attached hydrogen (secondary N) is 1. The second-order valence-corrected chi connectivity index (χ2v) is 6.86. The van der Waals surface area contributed by atoms with Crippen molar-refractivity contribution in [1.29, 1.82) is 0 Å². The van der Waals surface area contributed by atoms with E-state index in [1.54, 1.807) is 0 Å². The quantitative estimate of drug-likeness (QED) is 0.770. The third-order valence-electron chi connectivity index (χ3n) is 5.57. The molecule has 3 heteroatoms. The first-order chi connectivity index (χ1) is 7.79. The average Bonchev–Trinajstić information content (AvgIpc) is 2.57. The molecule has 0 aromatic carbocycles. The summed E-state index contributed by atoms with van der Waals surface area (Å²) in [4.78, 5) is 16.7. The van der Waals surface area contributed by atoms with Crippen LogP contribution >= 0.6 is 0 Å². The van der Waals surface area contributed by atoms with Gasteiger partial charge in [0.2, 0.25) is 0 Å². The van der Waals surface area contributed by atoms with Gasteiger partial charge >= 0.3 is 5.97 Å². The maximum atomic E-state index is 11.5. The molecule has 2 rings (SSSR count). The van der Waals surface area contributed by atoms with Gasteiger partial charge in [-0.2, -0.15) is 0 Å². The van der Waals surface area contributed by atoms with E-state index in [4.69, 9.17) is 4.84 Å². The Morgan fingerprint density at radius 2 is 2.00 bits per heavy atom. The Labute approximate surface area is 104 Å². The van der Waals surface area contributed by atoms with Crippen LogP contribution in [0.1, 0.15) is 53.9 Å². The predicted molar refractivity (Wildman–Crippen MR) is 67.1 cm³/mol. The molecule has 1 N–H and O–H groups in total. The highest BCUT2D eigenvalue weighted by atomic mass is 16.7. The summed E-state index contributed by atoms with van der Waals surface area (Å²) in [6.45, 7) is 10.8. The van der Waals surface area contributed by atoms with Crippen molar-refractivity contribution in [1.82, 2.24) is 5.48 Å². The zero-order valence-corrected chi connectivity index (χ0v) is 11.7. The fourth-order valence-electron chi connectivity index (χ4n) is 3.63. The second kappa shape index (κ2) is 3.98. The SMILES string of the molecule is CC(C)C(=O)ONC1CC2CCC1(C)C2(C)C. The fourth-order valence-corrected chi connectivity index (χ4v) is 3.63. The average molecular weight is 239 g/mol. The van der Waals surface area contributed by atoms with Crippen LogP contribution in [0.3, 0.4) is 0 Å². The Morgan fingerprint density at radius 1 is 1.35 bits per heavy atom. The molecule has 3 unspecified atom stereocenters. The van der Waals surface area contributed by atoms with Gasteiger partial charge in [-0.1, -0.05) is 34.6 Å². The molecular weight excluding hydrogens is 214 g/mol. The number of hydrogen-bond donors (Lipinski definition) is 1. The van der Waals surface area contributed by atoms with E-state index in [2.05, 4.69) is 26.3 Å². The van der Waals surface area contributed by atoms with Crippen LogP contribution in [-0.2, 0) is 9.63 Å². The summed E-state index contributed by atoms with van der Waals surface area (Å²) in [6.07, 6.45) is 3.69. The van der Waals surface area contributed by atoms with Crippen LogP contribution in [0.15, 0.2) is 0 Å². The van der Waals surface area contributed by atoms with Crippen molar-refractivity contribution in [3.63, 3.8) is 0 Å². The van der Waals surface area contributed by atoms with Crippen molar-refractivity contribution in [3.05, 3.63) is 0 Å². The molecule has 3 atom stereocenters. The summed E-state index contributed by atoms with van der Waals surface area (Å²) >= 11 is 0. The van der Waals surface area contributed by atoms with Crippen molar-refractivity contribution in [2.75, 3.05) is 0 Å². The van der Waals surface area contributed by atoms with Gasteiger partial charge < -0.3 is 4.84 Å². The zero-order valence-electron chi connectivity index (χ0n) is 11.7. The summed E-state index contributed by atoms with van der Waals surface area (Å²) in [5, 5.41) is 0. The number of carbonyl (C=O) groups is 1. The zero-order chi connectivity index (χ0) is 12.8. The Balaban J connectivity index is 1.99. The minimum atomic E-state index is -0.158. The Kier molecular flexibility index (Phi) is 3.01. The van der Waals surface area contributed by atoms with E-state index in [1.165, 1.54) is 12.8 Å². The molecule has 0 aromatic heterocycles. The van der Waals surface area contributed by atoms with Crippen LogP contribution < -0.4 is 5.48 Å². The van der Waals surface area contributed by atoms with Crippen LogP contribution in [0.5, 0.6) is 0 Å². The fraction of sp³-hybridized carbons (Fsp3) is 0.929. The topological polar surface area (TPSA) is 38.3 Å². The lowest BCUT2D eigenvalue weighted by Crippen LogP contribution is -2.45. The Morgan fingerprint density at radius 3 is 2.41 bits per heavy atom. The highest BCUT2D eigenvalue weighted by molar-refractivity contribution is 5.71. The monoisotopic (exact) mass is 239 g/mol. The number of carbonyl (C=O) groups excluding carboxylic acids is 1. The molecule has 0 heterocycles. The summed E-state index contributed by atoms with van der Waals surface area (Å²) in [6, 6.07) is 0.318. The molecule has 98 valence electrons. The van der Waals surface area contributed by atoms with Gasteiger partial charge in [-0.3, -0.25) is 4.79 Å². The van der Waals surface area contributed by atoms with Gasteiger partial charge in [0.15, 0.2) is 0 Å².